The van der Waals surface area contributed by atoms with Crippen molar-refractivity contribution in [3.8, 4) is 0 Å². The first-order valence-corrected chi connectivity index (χ1v) is 8.87. The van der Waals surface area contributed by atoms with Crippen LogP contribution in [0.1, 0.15) is 44.4 Å². The fourth-order valence-electron chi connectivity index (χ4n) is 2.99. The summed E-state index contributed by atoms with van der Waals surface area (Å²) in [5.41, 5.74) is 2.36. The number of hydrogen-bond acceptors (Lipinski definition) is 2. The van der Waals surface area contributed by atoms with Crippen molar-refractivity contribution in [1.82, 2.24) is 10.2 Å². The molecule has 0 aliphatic carbocycles. The van der Waals surface area contributed by atoms with E-state index in [0.717, 1.165) is 31.6 Å². The van der Waals surface area contributed by atoms with Crippen LogP contribution < -0.4 is 5.32 Å². The van der Waals surface area contributed by atoms with Crippen LogP contribution in [0.4, 0.5) is 4.39 Å². The Labute approximate surface area is 145 Å². The first-order chi connectivity index (χ1) is 11.6. The minimum atomic E-state index is -0.166. The molecule has 0 aliphatic rings. The van der Waals surface area contributed by atoms with Gasteiger partial charge in [0.05, 0.1) is 0 Å². The Hall–Kier alpha value is -1.71. The van der Waals surface area contributed by atoms with E-state index in [2.05, 4.69) is 55.3 Å². The van der Waals surface area contributed by atoms with Crippen LogP contribution in [-0.4, -0.2) is 24.0 Å². The van der Waals surface area contributed by atoms with Crippen LogP contribution in [0, 0.1) is 5.82 Å². The summed E-state index contributed by atoms with van der Waals surface area (Å²) in [6.07, 6.45) is 0.961. The van der Waals surface area contributed by atoms with E-state index >= 15 is 0 Å². The third-order valence-corrected chi connectivity index (χ3v) is 4.37. The summed E-state index contributed by atoms with van der Waals surface area (Å²) in [4.78, 5) is 2.47. The molecule has 24 heavy (non-hydrogen) atoms. The van der Waals surface area contributed by atoms with Gasteiger partial charge in [-0.2, -0.15) is 0 Å². The number of halogens is 1. The van der Waals surface area contributed by atoms with Crippen LogP contribution in [0.25, 0.3) is 0 Å². The number of benzene rings is 2. The zero-order valence-electron chi connectivity index (χ0n) is 15.0. The molecular weight excluding hydrogens is 299 g/mol. The standard InChI is InChI=1S/C21H29FN2/c1-4-23-21(19-11-8-12-20(22)15-19)13-14-24(17(2)3)16-18-9-6-5-7-10-18/h5-12,15,17,21,23H,4,13-14,16H2,1-3H3. The van der Waals surface area contributed by atoms with Crippen molar-refractivity contribution in [3.05, 3.63) is 71.5 Å². The first kappa shape index (κ1) is 18.6. The molecule has 2 aromatic carbocycles. The van der Waals surface area contributed by atoms with Gasteiger partial charge in [-0.1, -0.05) is 49.4 Å². The normalized spacial score (nSPS) is 12.8. The van der Waals surface area contributed by atoms with E-state index in [1.807, 2.05) is 12.1 Å². The predicted octanol–water partition coefficient (Wildman–Crippen LogP) is 4.78. The molecule has 0 amide bonds. The molecule has 0 radical (unpaired) electrons. The molecule has 0 heterocycles. The van der Waals surface area contributed by atoms with Gasteiger partial charge in [0.25, 0.3) is 0 Å². The Morgan fingerprint density at radius 3 is 2.42 bits per heavy atom. The second kappa shape index (κ2) is 9.55. The van der Waals surface area contributed by atoms with Gasteiger partial charge in [-0.15, -0.1) is 0 Å². The Morgan fingerprint density at radius 2 is 1.79 bits per heavy atom. The van der Waals surface area contributed by atoms with Crippen molar-refractivity contribution >= 4 is 0 Å². The number of nitrogens with zero attached hydrogens (tertiary/aromatic N) is 1. The topological polar surface area (TPSA) is 15.3 Å². The van der Waals surface area contributed by atoms with Crippen molar-refractivity contribution in [2.45, 2.75) is 45.8 Å². The second-order valence-electron chi connectivity index (χ2n) is 6.50. The van der Waals surface area contributed by atoms with Gasteiger partial charge >= 0.3 is 0 Å². The largest absolute Gasteiger partial charge is 0.310 e. The van der Waals surface area contributed by atoms with Crippen LogP contribution in [-0.2, 0) is 6.54 Å². The van der Waals surface area contributed by atoms with Crippen LogP contribution >= 0.6 is 0 Å². The van der Waals surface area contributed by atoms with Crippen LogP contribution in [0.2, 0.25) is 0 Å². The molecule has 0 fully saturated rings. The third-order valence-electron chi connectivity index (χ3n) is 4.37. The summed E-state index contributed by atoms with van der Waals surface area (Å²) >= 11 is 0. The van der Waals surface area contributed by atoms with E-state index in [0.29, 0.717) is 6.04 Å². The Bertz CT molecular complexity index is 598. The second-order valence-corrected chi connectivity index (χ2v) is 6.50. The summed E-state index contributed by atoms with van der Waals surface area (Å²) in [6.45, 7) is 9.35. The minimum absolute atomic E-state index is 0.166. The van der Waals surface area contributed by atoms with E-state index in [-0.39, 0.29) is 11.9 Å². The monoisotopic (exact) mass is 328 g/mol. The summed E-state index contributed by atoms with van der Waals surface area (Å²) in [5.74, 6) is -0.166. The highest BCUT2D eigenvalue weighted by Crippen LogP contribution is 2.20. The minimum Gasteiger partial charge on any atom is -0.310 e. The van der Waals surface area contributed by atoms with Gasteiger partial charge in [-0.05, 0) is 50.1 Å². The molecule has 1 unspecified atom stereocenters. The number of hydrogen-bond donors (Lipinski definition) is 1. The lowest BCUT2D eigenvalue weighted by Crippen LogP contribution is -2.34. The molecule has 1 atom stereocenters. The summed E-state index contributed by atoms with van der Waals surface area (Å²) < 4.78 is 13.5. The average Bonchev–Trinajstić information content (AvgIpc) is 2.58. The van der Waals surface area contributed by atoms with Crippen LogP contribution in [0.3, 0.4) is 0 Å². The van der Waals surface area contributed by atoms with E-state index in [1.54, 1.807) is 12.1 Å². The molecule has 130 valence electrons. The molecule has 2 rings (SSSR count). The van der Waals surface area contributed by atoms with Crippen LogP contribution in [0.5, 0.6) is 0 Å². The van der Waals surface area contributed by atoms with Crippen molar-refractivity contribution in [1.29, 1.82) is 0 Å². The number of rotatable bonds is 9. The zero-order valence-corrected chi connectivity index (χ0v) is 15.0. The van der Waals surface area contributed by atoms with E-state index in [9.17, 15) is 4.39 Å². The van der Waals surface area contributed by atoms with E-state index in [1.165, 1.54) is 11.6 Å². The summed E-state index contributed by atoms with van der Waals surface area (Å²) in [6, 6.07) is 18.2. The fourth-order valence-corrected chi connectivity index (χ4v) is 2.99. The van der Waals surface area contributed by atoms with Gasteiger partial charge in [-0.25, -0.2) is 4.39 Å². The lowest BCUT2D eigenvalue weighted by Gasteiger charge is -2.29. The Morgan fingerprint density at radius 1 is 1.04 bits per heavy atom. The number of nitrogens with one attached hydrogen (secondary N) is 1. The predicted molar refractivity (Wildman–Crippen MR) is 99.4 cm³/mol. The van der Waals surface area contributed by atoms with Gasteiger partial charge in [0.15, 0.2) is 0 Å². The lowest BCUT2D eigenvalue weighted by atomic mass is 10.0. The highest BCUT2D eigenvalue weighted by molar-refractivity contribution is 5.20. The molecule has 1 N–H and O–H groups in total. The quantitative estimate of drug-likeness (QED) is 0.713. The Kier molecular flexibility index (Phi) is 7.41. The molecule has 0 aromatic heterocycles. The van der Waals surface area contributed by atoms with Gasteiger partial charge in [0, 0.05) is 25.2 Å². The fraction of sp³-hybridized carbons (Fsp3) is 0.429. The smallest absolute Gasteiger partial charge is 0.123 e. The maximum Gasteiger partial charge on any atom is 0.123 e. The van der Waals surface area contributed by atoms with Crippen molar-refractivity contribution < 1.29 is 4.39 Å². The Balaban J connectivity index is 2.02. The summed E-state index contributed by atoms with van der Waals surface area (Å²) in [7, 11) is 0. The molecule has 0 bridgehead atoms. The van der Waals surface area contributed by atoms with E-state index in [4.69, 9.17) is 0 Å². The highest BCUT2D eigenvalue weighted by Gasteiger charge is 2.15. The van der Waals surface area contributed by atoms with Gasteiger partial charge in [0.2, 0.25) is 0 Å². The lowest BCUT2D eigenvalue weighted by molar-refractivity contribution is 0.201. The molecular formula is C21H29FN2. The molecule has 0 aliphatic heterocycles. The molecule has 0 saturated carbocycles. The molecule has 0 spiro atoms. The average molecular weight is 328 g/mol. The maximum atomic E-state index is 13.5. The first-order valence-electron chi connectivity index (χ1n) is 8.87. The third kappa shape index (κ3) is 5.73. The molecule has 2 nitrogen and oxygen atoms in total. The van der Waals surface area contributed by atoms with Crippen molar-refractivity contribution in [2.24, 2.45) is 0 Å². The highest BCUT2D eigenvalue weighted by atomic mass is 19.1. The maximum absolute atomic E-state index is 13.5. The van der Waals surface area contributed by atoms with Gasteiger partial charge in [0.1, 0.15) is 5.82 Å². The zero-order chi connectivity index (χ0) is 17.4. The van der Waals surface area contributed by atoms with Crippen molar-refractivity contribution in [2.75, 3.05) is 13.1 Å². The van der Waals surface area contributed by atoms with Gasteiger partial charge < -0.3 is 5.32 Å². The van der Waals surface area contributed by atoms with Crippen molar-refractivity contribution in [3.63, 3.8) is 0 Å². The molecule has 2 aromatic rings. The molecule has 0 saturated heterocycles. The van der Waals surface area contributed by atoms with E-state index < -0.39 is 0 Å². The molecule has 3 heteroatoms. The van der Waals surface area contributed by atoms with Gasteiger partial charge in [-0.3, -0.25) is 4.90 Å². The van der Waals surface area contributed by atoms with Crippen LogP contribution in [0.15, 0.2) is 54.6 Å². The summed E-state index contributed by atoms with van der Waals surface area (Å²) in [5, 5.41) is 3.49. The SMILES string of the molecule is CCNC(CCN(Cc1ccccc1)C(C)C)c1cccc(F)c1.